The first kappa shape index (κ1) is 26.8. The second-order valence-electron chi connectivity index (χ2n) is 10.3. The molecule has 1 aliphatic carbocycles. The Kier molecular flexibility index (Phi) is 8.56. The standard InChI is InChI=1S/C28H38N4O5/c1-18-14-32(19(2)17-33)27(34)23-6-5-7-24(26(23)37-25(18)16-31(3)15-20-8-9-20)30-28(35)29-21-10-12-22(36-4)13-11-21/h5-7,10-13,18-20,25,33H,8-9,14-17H2,1-4H3,(H2,29,30,35)/t18-,19-,25+/m0/s1. The van der Waals surface area contributed by atoms with E-state index in [1.165, 1.54) is 12.8 Å². The first-order valence-electron chi connectivity index (χ1n) is 12.9. The zero-order valence-electron chi connectivity index (χ0n) is 22.1. The van der Waals surface area contributed by atoms with Crippen LogP contribution in [0.1, 0.15) is 37.0 Å². The van der Waals surface area contributed by atoms with Gasteiger partial charge in [-0.05, 0) is 69.1 Å². The molecule has 2 aliphatic rings. The summed E-state index contributed by atoms with van der Waals surface area (Å²) in [5.41, 5.74) is 1.38. The van der Waals surface area contributed by atoms with Crippen molar-refractivity contribution >= 4 is 23.3 Å². The quantitative estimate of drug-likeness (QED) is 0.473. The number of hydrogen-bond donors (Lipinski definition) is 3. The smallest absolute Gasteiger partial charge is 0.323 e. The summed E-state index contributed by atoms with van der Waals surface area (Å²) >= 11 is 0. The molecular weight excluding hydrogens is 472 g/mol. The van der Waals surface area contributed by atoms with E-state index in [1.807, 2.05) is 6.92 Å². The summed E-state index contributed by atoms with van der Waals surface area (Å²) in [7, 11) is 3.68. The summed E-state index contributed by atoms with van der Waals surface area (Å²) in [6.45, 7) is 5.95. The predicted molar refractivity (Wildman–Crippen MR) is 143 cm³/mol. The van der Waals surface area contributed by atoms with E-state index in [-0.39, 0.29) is 30.6 Å². The fraction of sp³-hybridized carbons (Fsp3) is 0.500. The van der Waals surface area contributed by atoms with Gasteiger partial charge in [0.25, 0.3) is 5.91 Å². The molecule has 37 heavy (non-hydrogen) atoms. The Balaban J connectivity index is 1.61. The van der Waals surface area contributed by atoms with E-state index in [9.17, 15) is 14.7 Å². The number of carbonyl (C=O) groups is 2. The SMILES string of the molecule is COc1ccc(NC(=O)Nc2cccc3c2O[C@H](CN(C)CC2CC2)[C@@H](C)CN([C@@H](C)CO)C3=O)cc1. The molecule has 3 amide bonds. The Bertz CT molecular complexity index is 1090. The number of methoxy groups -OCH3 is 1. The van der Waals surface area contributed by atoms with Crippen molar-refractivity contribution in [1.29, 1.82) is 0 Å². The van der Waals surface area contributed by atoms with Crippen molar-refractivity contribution in [2.24, 2.45) is 11.8 Å². The third-order valence-electron chi connectivity index (χ3n) is 7.05. The van der Waals surface area contributed by atoms with Crippen molar-refractivity contribution in [2.75, 3.05) is 51.0 Å². The Morgan fingerprint density at radius 3 is 2.57 bits per heavy atom. The molecule has 9 heteroatoms. The molecule has 200 valence electrons. The van der Waals surface area contributed by atoms with Crippen LogP contribution in [0, 0.1) is 11.8 Å². The normalized spacial score (nSPS) is 20.4. The summed E-state index contributed by atoms with van der Waals surface area (Å²) in [4.78, 5) is 30.5. The molecular formula is C28H38N4O5. The van der Waals surface area contributed by atoms with E-state index in [1.54, 1.807) is 54.5 Å². The van der Waals surface area contributed by atoms with Crippen LogP contribution in [0.2, 0.25) is 0 Å². The van der Waals surface area contributed by atoms with Crippen LogP contribution >= 0.6 is 0 Å². The molecule has 1 heterocycles. The number of aliphatic hydroxyl groups is 1. The second kappa shape index (κ2) is 11.8. The second-order valence-corrected chi connectivity index (χ2v) is 10.3. The van der Waals surface area contributed by atoms with Gasteiger partial charge in [0.2, 0.25) is 0 Å². The van der Waals surface area contributed by atoms with E-state index >= 15 is 0 Å². The predicted octanol–water partition coefficient (Wildman–Crippen LogP) is 3.90. The summed E-state index contributed by atoms with van der Waals surface area (Å²) in [5.74, 6) is 1.56. The van der Waals surface area contributed by atoms with Gasteiger partial charge < -0.3 is 35.0 Å². The molecule has 4 rings (SSSR count). The molecule has 2 aromatic rings. The highest BCUT2D eigenvalue weighted by Gasteiger charge is 2.35. The van der Waals surface area contributed by atoms with Gasteiger partial charge in [0.1, 0.15) is 11.9 Å². The number of ether oxygens (including phenoxy) is 2. The van der Waals surface area contributed by atoms with Crippen molar-refractivity contribution in [1.82, 2.24) is 9.80 Å². The Labute approximate surface area is 218 Å². The van der Waals surface area contributed by atoms with Crippen molar-refractivity contribution in [3.8, 4) is 11.5 Å². The molecule has 0 saturated heterocycles. The minimum Gasteiger partial charge on any atom is -0.497 e. The van der Waals surface area contributed by atoms with Crippen molar-refractivity contribution in [3.63, 3.8) is 0 Å². The van der Waals surface area contributed by atoms with Crippen LogP contribution in [0.25, 0.3) is 0 Å². The van der Waals surface area contributed by atoms with Crippen molar-refractivity contribution in [3.05, 3.63) is 48.0 Å². The largest absolute Gasteiger partial charge is 0.497 e. The number of aliphatic hydroxyl groups excluding tert-OH is 1. The maximum Gasteiger partial charge on any atom is 0.323 e. The third kappa shape index (κ3) is 6.72. The number of rotatable bonds is 9. The van der Waals surface area contributed by atoms with Gasteiger partial charge in [0.15, 0.2) is 5.75 Å². The van der Waals surface area contributed by atoms with Crippen LogP contribution in [0.4, 0.5) is 16.2 Å². The summed E-state index contributed by atoms with van der Waals surface area (Å²) < 4.78 is 11.7. The number of benzene rings is 2. The monoisotopic (exact) mass is 510 g/mol. The van der Waals surface area contributed by atoms with E-state index in [2.05, 4.69) is 29.5 Å². The number of likely N-dealkylation sites (N-methyl/N-ethyl adjacent to an activating group) is 1. The van der Waals surface area contributed by atoms with Crippen LogP contribution < -0.4 is 20.1 Å². The fourth-order valence-electron chi connectivity index (χ4n) is 4.64. The van der Waals surface area contributed by atoms with Crippen LogP contribution in [0.15, 0.2) is 42.5 Å². The lowest BCUT2D eigenvalue weighted by Gasteiger charge is -2.38. The van der Waals surface area contributed by atoms with Gasteiger partial charge >= 0.3 is 6.03 Å². The van der Waals surface area contributed by atoms with Crippen molar-refractivity contribution < 1.29 is 24.2 Å². The van der Waals surface area contributed by atoms with Crippen molar-refractivity contribution in [2.45, 2.75) is 38.8 Å². The maximum atomic E-state index is 13.6. The molecule has 0 spiro atoms. The Morgan fingerprint density at radius 2 is 1.92 bits per heavy atom. The van der Waals surface area contributed by atoms with Gasteiger partial charge in [-0.3, -0.25) is 4.79 Å². The Hall–Kier alpha value is -3.30. The number of carbonyl (C=O) groups excluding carboxylic acids is 2. The first-order valence-corrected chi connectivity index (χ1v) is 12.9. The van der Waals surface area contributed by atoms with Crippen LogP contribution in [0.3, 0.4) is 0 Å². The molecule has 1 saturated carbocycles. The minimum atomic E-state index is -0.451. The van der Waals surface area contributed by atoms with Gasteiger partial charge in [0.05, 0.1) is 31.0 Å². The van der Waals surface area contributed by atoms with E-state index in [0.29, 0.717) is 41.5 Å². The first-order chi connectivity index (χ1) is 17.8. The molecule has 0 radical (unpaired) electrons. The number of nitrogens with zero attached hydrogens (tertiary/aromatic N) is 2. The number of urea groups is 1. The molecule has 2 aromatic carbocycles. The van der Waals surface area contributed by atoms with E-state index in [0.717, 1.165) is 12.5 Å². The summed E-state index contributed by atoms with van der Waals surface area (Å²) in [6, 6.07) is 11.4. The van der Waals surface area contributed by atoms with E-state index < -0.39 is 6.03 Å². The average molecular weight is 511 g/mol. The highest BCUT2D eigenvalue weighted by Crippen LogP contribution is 2.35. The molecule has 0 aromatic heterocycles. The minimum absolute atomic E-state index is 0.00827. The third-order valence-corrected chi connectivity index (χ3v) is 7.05. The topological polar surface area (TPSA) is 103 Å². The lowest BCUT2D eigenvalue weighted by molar-refractivity contribution is 0.0346. The summed E-state index contributed by atoms with van der Waals surface area (Å²) in [6.07, 6.45) is 2.32. The van der Waals surface area contributed by atoms with Gasteiger partial charge in [0, 0.05) is 31.2 Å². The van der Waals surface area contributed by atoms with Crippen LogP contribution in [-0.4, -0.2) is 79.4 Å². The lowest BCUT2D eigenvalue weighted by Crippen LogP contribution is -2.50. The molecule has 3 N–H and O–H groups in total. The van der Waals surface area contributed by atoms with Gasteiger partial charge in [-0.15, -0.1) is 0 Å². The number of hydrogen-bond acceptors (Lipinski definition) is 6. The molecule has 1 fully saturated rings. The molecule has 3 atom stereocenters. The number of amides is 3. The maximum absolute atomic E-state index is 13.6. The molecule has 1 aliphatic heterocycles. The fourth-order valence-corrected chi connectivity index (χ4v) is 4.64. The Morgan fingerprint density at radius 1 is 1.19 bits per heavy atom. The highest BCUT2D eigenvalue weighted by atomic mass is 16.5. The van der Waals surface area contributed by atoms with Gasteiger partial charge in [-0.2, -0.15) is 0 Å². The number of nitrogens with one attached hydrogen (secondary N) is 2. The van der Waals surface area contributed by atoms with Crippen LogP contribution in [0.5, 0.6) is 11.5 Å². The molecule has 0 unspecified atom stereocenters. The summed E-state index contributed by atoms with van der Waals surface area (Å²) in [5, 5.41) is 15.5. The zero-order chi connectivity index (χ0) is 26.5. The van der Waals surface area contributed by atoms with Gasteiger partial charge in [-0.25, -0.2) is 4.79 Å². The number of para-hydroxylation sites is 1. The van der Waals surface area contributed by atoms with E-state index in [4.69, 9.17) is 9.47 Å². The number of fused-ring (bicyclic) bond motifs is 1. The number of anilines is 2. The highest BCUT2D eigenvalue weighted by molar-refractivity contribution is 6.04. The van der Waals surface area contributed by atoms with Crippen LogP contribution in [-0.2, 0) is 0 Å². The molecule has 0 bridgehead atoms. The zero-order valence-corrected chi connectivity index (χ0v) is 22.1. The molecule has 9 nitrogen and oxygen atoms in total. The lowest BCUT2D eigenvalue weighted by atomic mass is 9.99. The van der Waals surface area contributed by atoms with Gasteiger partial charge in [-0.1, -0.05) is 13.0 Å². The average Bonchev–Trinajstić information content (AvgIpc) is 3.70.